The van der Waals surface area contributed by atoms with E-state index in [2.05, 4.69) is 30.5 Å². The van der Waals surface area contributed by atoms with Gasteiger partial charge in [0.15, 0.2) is 5.82 Å². The zero-order valence-corrected chi connectivity index (χ0v) is 26.7. The van der Waals surface area contributed by atoms with E-state index >= 15 is 4.39 Å². The van der Waals surface area contributed by atoms with Crippen molar-refractivity contribution in [2.45, 2.75) is 73.8 Å². The average molecular weight is 662 g/mol. The number of carbonyl (C=O) groups excluding carboxylic acids is 3. The number of ether oxygens (including phenoxy) is 1. The van der Waals surface area contributed by atoms with Crippen LogP contribution < -0.4 is 27.0 Å². The van der Waals surface area contributed by atoms with Gasteiger partial charge in [0.1, 0.15) is 28.5 Å². The van der Waals surface area contributed by atoms with Crippen LogP contribution >= 0.6 is 11.8 Å². The summed E-state index contributed by atoms with van der Waals surface area (Å²) in [4.78, 5) is 54.7. The molecule has 4 aliphatic heterocycles. The maximum Gasteiger partial charge on any atom is 0.255 e. The van der Waals surface area contributed by atoms with E-state index < -0.39 is 23.7 Å². The summed E-state index contributed by atoms with van der Waals surface area (Å²) in [5, 5.41) is 6.47. The zero-order valence-electron chi connectivity index (χ0n) is 25.9. The van der Waals surface area contributed by atoms with E-state index in [0.29, 0.717) is 34.6 Å². The topological polar surface area (TPSA) is 182 Å². The van der Waals surface area contributed by atoms with Crippen molar-refractivity contribution in [3.8, 4) is 0 Å². The van der Waals surface area contributed by atoms with Gasteiger partial charge >= 0.3 is 0 Å². The fourth-order valence-corrected chi connectivity index (χ4v) is 8.01. The lowest BCUT2D eigenvalue weighted by atomic mass is 9.73. The van der Waals surface area contributed by atoms with Crippen LogP contribution in [0.2, 0.25) is 0 Å². The minimum Gasteiger partial charge on any atom is -0.384 e. The van der Waals surface area contributed by atoms with Crippen LogP contribution in [0, 0.1) is 11.2 Å². The second-order valence-electron chi connectivity index (χ2n) is 12.6. The van der Waals surface area contributed by atoms with Crippen molar-refractivity contribution in [2.24, 2.45) is 5.41 Å². The highest BCUT2D eigenvalue weighted by Gasteiger charge is 2.49. The number of piperidine rings is 2. The van der Waals surface area contributed by atoms with Crippen LogP contribution in [0.5, 0.6) is 0 Å². The summed E-state index contributed by atoms with van der Waals surface area (Å²) in [6, 6.07) is 6.07. The third-order valence-corrected chi connectivity index (χ3v) is 10.8. The Kier molecular flexibility index (Phi) is 8.22. The molecule has 13 nitrogen and oxygen atoms in total. The standard InChI is InChI=1S/C32H36FN9O4S/c1-17-27(37-13-18-2-3-20-21(26(18)33)15-42(31(20)45)22-4-5-25(43)40-29(22)44)32(16-46-17)7-10-41(11-8-32)24-14-38-30(28(35)39-24)47-19-6-9-36-23(34)12-19/h2-3,6,9,12,14,17,22,27,37H,4-5,7-8,10-11,13,15-16H2,1H3,(H2,34,36)(H2,35,39)(H,40,43,44)/t17-,22?,27+/m0/s1. The number of pyridine rings is 1. The summed E-state index contributed by atoms with van der Waals surface area (Å²) >= 11 is 1.38. The highest BCUT2D eigenvalue weighted by molar-refractivity contribution is 7.99. The molecule has 0 aliphatic carbocycles. The molecule has 3 saturated heterocycles. The molecular weight excluding hydrogens is 625 g/mol. The van der Waals surface area contributed by atoms with Crippen LogP contribution in [0.15, 0.2) is 46.6 Å². The fraction of sp³-hybridized carbons (Fsp3) is 0.438. The summed E-state index contributed by atoms with van der Waals surface area (Å²) in [7, 11) is 0. The fourth-order valence-electron chi connectivity index (χ4n) is 7.23. The molecule has 246 valence electrons. The van der Waals surface area contributed by atoms with E-state index in [1.807, 2.05) is 13.0 Å². The van der Waals surface area contributed by atoms with Gasteiger partial charge in [-0.05, 0) is 44.4 Å². The van der Waals surface area contributed by atoms with Crippen molar-refractivity contribution in [3.05, 3.63) is 59.2 Å². The van der Waals surface area contributed by atoms with E-state index in [1.165, 1.54) is 16.7 Å². The van der Waals surface area contributed by atoms with Crippen LogP contribution in [-0.4, -0.2) is 75.5 Å². The molecule has 0 saturated carbocycles. The Labute approximate surface area is 275 Å². The molecule has 0 radical (unpaired) electrons. The van der Waals surface area contributed by atoms with Crippen molar-refractivity contribution in [2.75, 3.05) is 36.1 Å². The molecule has 6 heterocycles. The number of hydrogen-bond acceptors (Lipinski definition) is 12. The van der Waals surface area contributed by atoms with Crippen LogP contribution in [0.3, 0.4) is 0 Å². The minimum absolute atomic E-state index is 0.00568. The van der Waals surface area contributed by atoms with E-state index in [9.17, 15) is 14.4 Å². The van der Waals surface area contributed by atoms with Gasteiger partial charge in [0, 0.05) is 65.3 Å². The molecular formula is C32H36FN9O4S. The smallest absolute Gasteiger partial charge is 0.255 e. The first kappa shape index (κ1) is 31.3. The number of hydrogen-bond donors (Lipinski definition) is 4. The highest BCUT2D eigenvalue weighted by Crippen LogP contribution is 2.43. The van der Waals surface area contributed by atoms with Crippen molar-refractivity contribution in [1.29, 1.82) is 0 Å². The molecule has 47 heavy (non-hydrogen) atoms. The van der Waals surface area contributed by atoms with Gasteiger partial charge in [-0.25, -0.2) is 19.3 Å². The Morgan fingerprint density at radius 3 is 2.72 bits per heavy atom. The molecule has 3 aromatic rings. The molecule has 3 amide bonds. The van der Waals surface area contributed by atoms with Crippen molar-refractivity contribution in [3.63, 3.8) is 0 Å². The van der Waals surface area contributed by atoms with E-state index in [1.54, 1.807) is 30.6 Å². The molecule has 4 aliphatic rings. The number of nitrogens with one attached hydrogen (secondary N) is 2. The third kappa shape index (κ3) is 5.87. The van der Waals surface area contributed by atoms with Crippen molar-refractivity contribution >= 4 is 46.9 Å². The van der Waals surface area contributed by atoms with Gasteiger partial charge in [-0.2, -0.15) is 0 Å². The lowest BCUT2D eigenvalue weighted by molar-refractivity contribution is -0.136. The number of halogens is 1. The number of nitrogen functional groups attached to an aromatic ring is 2. The van der Waals surface area contributed by atoms with Crippen LogP contribution in [0.25, 0.3) is 0 Å². The highest BCUT2D eigenvalue weighted by atomic mass is 32.2. The van der Waals surface area contributed by atoms with Crippen molar-refractivity contribution in [1.82, 2.24) is 30.5 Å². The summed E-state index contributed by atoms with van der Waals surface area (Å²) in [6.07, 6.45) is 5.36. The molecule has 15 heteroatoms. The van der Waals surface area contributed by atoms with Gasteiger partial charge in [-0.1, -0.05) is 17.8 Å². The molecule has 1 unspecified atom stereocenters. The van der Waals surface area contributed by atoms with Crippen LogP contribution in [0.4, 0.5) is 21.8 Å². The molecule has 3 fully saturated rings. The minimum atomic E-state index is -0.790. The molecule has 7 rings (SSSR count). The van der Waals surface area contributed by atoms with Crippen LogP contribution in [0.1, 0.15) is 54.1 Å². The quantitative estimate of drug-likeness (QED) is 0.272. The van der Waals surface area contributed by atoms with Crippen LogP contribution in [-0.2, 0) is 27.4 Å². The van der Waals surface area contributed by atoms with E-state index in [4.69, 9.17) is 16.2 Å². The molecule has 0 bridgehead atoms. The maximum absolute atomic E-state index is 15.8. The van der Waals surface area contributed by atoms with Gasteiger partial charge in [0.25, 0.3) is 5.91 Å². The predicted octanol–water partition coefficient (Wildman–Crippen LogP) is 2.25. The molecule has 3 atom stereocenters. The Morgan fingerprint density at radius 2 is 1.98 bits per heavy atom. The Morgan fingerprint density at radius 1 is 1.17 bits per heavy atom. The van der Waals surface area contributed by atoms with Crippen molar-refractivity contribution < 1.29 is 23.5 Å². The summed E-state index contributed by atoms with van der Waals surface area (Å²) in [5.74, 6) is -0.235. The van der Waals surface area contributed by atoms with Gasteiger partial charge < -0.3 is 31.3 Å². The SMILES string of the molecule is C[C@@H]1OCC2(CCN(c3cnc(Sc4ccnc(N)c4)c(N)n3)CC2)[C@@H]1NCc1ccc2c(c1F)CN(C1CCC(=O)NC1=O)C2=O. The first-order chi connectivity index (χ1) is 22.6. The first-order valence-electron chi connectivity index (χ1n) is 15.7. The zero-order chi connectivity index (χ0) is 32.9. The first-order valence-corrected chi connectivity index (χ1v) is 16.5. The third-order valence-electron chi connectivity index (χ3n) is 9.81. The van der Waals surface area contributed by atoms with Gasteiger partial charge in [0.2, 0.25) is 11.8 Å². The predicted molar refractivity (Wildman–Crippen MR) is 172 cm³/mol. The Balaban J connectivity index is 0.994. The molecule has 1 aromatic carbocycles. The number of fused-ring (bicyclic) bond motifs is 1. The molecule has 6 N–H and O–H groups in total. The van der Waals surface area contributed by atoms with E-state index in [0.717, 1.165) is 30.8 Å². The lowest BCUT2D eigenvalue weighted by Gasteiger charge is -2.43. The number of benzene rings is 1. The maximum atomic E-state index is 15.8. The molecule has 2 aromatic heterocycles. The normalized spacial score (nSPS) is 23.8. The van der Waals surface area contributed by atoms with Gasteiger partial charge in [0.05, 0.1) is 25.5 Å². The number of imide groups is 1. The van der Waals surface area contributed by atoms with Gasteiger partial charge in [-0.3, -0.25) is 19.7 Å². The number of aromatic nitrogens is 3. The number of nitrogens with zero attached hydrogens (tertiary/aromatic N) is 5. The lowest BCUT2D eigenvalue weighted by Crippen LogP contribution is -2.52. The number of nitrogens with two attached hydrogens (primary N) is 2. The monoisotopic (exact) mass is 661 g/mol. The number of carbonyl (C=O) groups is 3. The average Bonchev–Trinajstić information content (AvgIpc) is 3.54. The number of anilines is 3. The van der Waals surface area contributed by atoms with E-state index in [-0.39, 0.29) is 60.5 Å². The second kappa shape index (κ2) is 12.4. The number of amides is 3. The second-order valence-corrected chi connectivity index (χ2v) is 13.7. The Bertz CT molecular complexity index is 1750. The summed E-state index contributed by atoms with van der Waals surface area (Å²) < 4.78 is 22.0. The van der Waals surface area contributed by atoms with Gasteiger partial charge in [-0.15, -0.1) is 0 Å². The number of rotatable bonds is 7. The molecule has 1 spiro atoms. The summed E-state index contributed by atoms with van der Waals surface area (Å²) in [6.45, 7) is 4.37. The largest absolute Gasteiger partial charge is 0.384 e. The summed E-state index contributed by atoms with van der Waals surface area (Å²) in [5.41, 5.74) is 12.9. The Hall–Kier alpha value is -4.34.